The number of hydrogen-bond donors (Lipinski definition) is 2. The summed E-state index contributed by atoms with van der Waals surface area (Å²) in [6.45, 7) is 15.7. The number of hydrogen-bond acceptors (Lipinski definition) is 6. The van der Waals surface area contributed by atoms with Crippen molar-refractivity contribution in [2.75, 3.05) is 52.5 Å². The van der Waals surface area contributed by atoms with E-state index < -0.39 is 0 Å². The van der Waals surface area contributed by atoms with Crippen molar-refractivity contribution in [3.8, 4) is 0 Å². The molecule has 0 radical (unpaired) electrons. The molecule has 0 heterocycles. The van der Waals surface area contributed by atoms with E-state index in [1.165, 1.54) is 218 Å². The van der Waals surface area contributed by atoms with E-state index >= 15 is 0 Å². The van der Waals surface area contributed by atoms with Gasteiger partial charge >= 0.3 is 5.97 Å². The molecule has 0 bridgehead atoms. The van der Waals surface area contributed by atoms with E-state index in [0.29, 0.717) is 37.3 Å². The lowest BCUT2D eigenvalue weighted by molar-refractivity contribution is -0.145. The maximum Gasteiger partial charge on any atom is 0.306 e. The van der Waals surface area contributed by atoms with Gasteiger partial charge in [0.1, 0.15) is 0 Å². The molecular weight excluding hydrogens is 815 g/mol. The van der Waals surface area contributed by atoms with Gasteiger partial charge in [0.2, 0.25) is 5.91 Å². The van der Waals surface area contributed by atoms with Crippen LogP contribution in [0.1, 0.15) is 297 Å². The molecule has 0 spiro atoms. The zero-order valence-corrected chi connectivity index (χ0v) is 45.2. The largest absolute Gasteiger partial charge is 0.466 e. The third-order valence-corrected chi connectivity index (χ3v) is 15.1. The molecule has 7 heteroatoms. The molecule has 392 valence electrons. The zero-order chi connectivity index (χ0) is 47.8. The molecule has 2 N–H and O–H groups in total. The predicted octanol–water partition coefficient (Wildman–Crippen LogP) is 16.3. The zero-order valence-electron chi connectivity index (χ0n) is 45.2. The van der Waals surface area contributed by atoms with Gasteiger partial charge in [0.15, 0.2) is 0 Å². The summed E-state index contributed by atoms with van der Waals surface area (Å²) < 4.78 is 5.88. The van der Waals surface area contributed by atoms with Crippen LogP contribution in [-0.4, -0.2) is 85.3 Å². The molecule has 1 aliphatic carbocycles. The van der Waals surface area contributed by atoms with E-state index in [1.807, 2.05) is 0 Å². The van der Waals surface area contributed by atoms with E-state index in [-0.39, 0.29) is 18.5 Å². The highest BCUT2D eigenvalue weighted by atomic mass is 16.5. The molecule has 1 fully saturated rings. The Morgan fingerprint density at radius 3 is 1.38 bits per heavy atom. The first kappa shape index (κ1) is 62.8. The van der Waals surface area contributed by atoms with Crippen LogP contribution in [0.2, 0.25) is 0 Å². The highest BCUT2D eigenvalue weighted by molar-refractivity contribution is 5.76. The van der Waals surface area contributed by atoms with Crippen molar-refractivity contribution in [2.24, 2.45) is 11.8 Å². The van der Waals surface area contributed by atoms with Gasteiger partial charge in [0.05, 0.1) is 13.2 Å². The Hall–Kier alpha value is -1.18. The maximum atomic E-state index is 13.2. The van der Waals surface area contributed by atoms with Crippen LogP contribution < -0.4 is 5.32 Å². The quantitative estimate of drug-likeness (QED) is 0.0359. The molecule has 1 amide bonds. The van der Waals surface area contributed by atoms with Gasteiger partial charge in [-0.15, -0.1) is 0 Å². The number of nitrogens with one attached hydrogen (secondary N) is 1. The fraction of sp³-hybridized carbons (Fsp3) is 0.966. The highest BCUT2D eigenvalue weighted by Crippen LogP contribution is 2.25. The Morgan fingerprint density at radius 2 is 0.909 bits per heavy atom. The van der Waals surface area contributed by atoms with Crippen molar-refractivity contribution >= 4 is 11.9 Å². The number of esters is 1. The Labute approximate surface area is 412 Å². The second kappa shape index (κ2) is 48.8. The van der Waals surface area contributed by atoms with Gasteiger partial charge in [-0.25, -0.2) is 0 Å². The van der Waals surface area contributed by atoms with Crippen molar-refractivity contribution in [3.63, 3.8) is 0 Å². The molecule has 0 aromatic carbocycles. The second-order valence-electron chi connectivity index (χ2n) is 21.3. The van der Waals surface area contributed by atoms with Gasteiger partial charge in [0.25, 0.3) is 0 Å². The minimum absolute atomic E-state index is 0.0263. The van der Waals surface area contributed by atoms with Crippen molar-refractivity contribution in [1.82, 2.24) is 15.1 Å². The SMILES string of the molecule is CCCCCCCCC(CCCCCCCC)CC(=O)NCCCCCN(CCCCCOC(=O)CC(CCCCCCCC)CCCCCCCC)CCN(CCO)C1CCCCCC1. The molecule has 1 aliphatic rings. The number of unbranched alkanes of at least 4 members (excludes halogenated alkanes) is 24. The smallest absolute Gasteiger partial charge is 0.306 e. The summed E-state index contributed by atoms with van der Waals surface area (Å²) in [4.78, 5) is 31.5. The molecule has 0 aliphatic heterocycles. The molecular formula is C59H117N3O4. The van der Waals surface area contributed by atoms with Gasteiger partial charge in [-0.2, -0.15) is 0 Å². The van der Waals surface area contributed by atoms with Crippen LogP contribution in [-0.2, 0) is 14.3 Å². The third kappa shape index (κ3) is 39.6. The van der Waals surface area contributed by atoms with Crippen LogP contribution in [0.25, 0.3) is 0 Å². The summed E-state index contributed by atoms with van der Waals surface area (Å²) in [6, 6.07) is 0.604. The van der Waals surface area contributed by atoms with Gasteiger partial charge in [0, 0.05) is 45.1 Å². The first-order valence-electron chi connectivity index (χ1n) is 30.0. The predicted molar refractivity (Wildman–Crippen MR) is 286 cm³/mol. The molecule has 1 saturated carbocycles. The van der Waals surface area contributed by atoms with Crippen molar-refractivity contribution in [1.29, 1.82) is 0 Å². The molecule has 0 aromatic rings. The third-order valence-electron chi connectivity index (χ3n) is 15.1. The lowest BCUT2D eigenvalue weighted by Crippen LogP contribution is -2.43. The fourth-order valence-electron chi connectivity index (χ4n) is 10.7. The minimum atomic E-state index is 0.0263. The summed E-state index contributed by atoms with van der Waals surface area (Å²) in [5.41, 5.74) is 0. The molecule has 0 unspecified atom stereocenters. The number of aliphatic hydroxyl groups excluding tert-OH is 1. The monoisotopic (exact) mass is 932 g/mol. The second-order valence-corrected chi connectivity index (χ2v) is 21.3. The van der Waals surface area contributed by atoms with E-state index in [4.69, 9.17) is 4.74 Å². The summed E-state index contributed by atoms with van der Waals surface area (Å²) >= 11 is 0. The Morgan fingerprint density at radius 1 is 0.485 bits per heavy atom. The number of ether oxygens (including phenoxy) is 1. The molecule has 66 heavy (non-hydrogen) atoms. The number of nitrogens with zero attached hydrogens (tertiary/aromatic N) is 2. The summed E-state index contributed by atoms with van der Waals surface area (Å²) in [7, 11) is 0. The van der Waals surface area contributed by atoms with Crippen molar-refractivity contribution in [2.45, 2.75) is 303 Å². The van der Waals surface area contributed by atoms with Crippen LogP contribution in [0.5, 0.6) is 0 Å². The molecule has 7 nitrogen and oxygen atoms in total. The van der Waals surface area contributed by atoms with Crippen LogP contribution in [0.3, 0.4) is 0 Å². The average molecular weight is 933 g/mol. The minimum Gasteiger partial charge on any atom is -0.466 e. The first-order valence-corrected chi connectivity index (χ1v) is 30.0. The number of aliphatic hydroxyl groups is 1. The fourth-order valence-corrected chi connectivity index (χ4v) is 10.7. The van der Waals surface area contributed by atoms with E-state index in [9.17, 15) is 14.7 Å². The van der Waals surface area contributed by atoms with Crippen LogP contribution in [0.15, 0.2) is 0 Å². The molecule has 1 rings (SSSR count). The molecule has 0 aromatic heterocycles. The van der Waals surface area contributed by atoms with E-state index in [0.717, 1.165) is 77.8 Å². The Kier molecular flexibility index (Phi) is 46.5. The van der Waals surface area contributed by atoms with Gasteiger partial charge in [-0.3, -0.25) is 14.5 Å². The Balaban J connectivity index is 2.60. The first-order chi connectivity index (χ1) is 32.5. The maximum absolute atomic E-state index is 13.2. The van der Waals surface area contributed by atoms with Crippen molar-refractivity contribution < 1.29 is 19.4 Å². The summed E-state index contributed by atoms with van der Waals surface area (Å²) in [5.74, 6) is 1.32. The molecule has 0 saturated heterocycles. The van der Waals surface area contributed by atoms with Crippen LogP contribution in [0, 0.1) is 11.8 Å². The number of carbonyl (C=O) groups excluding carboxylic acids is 2. The van der Waals surface area contributed by atoms with Crippen molar-refractivity contribution in [3.05, 3.63) is 0 Å². The summed E-state index contributed by atoms with van der Waals surface area (Å²) in [5, 5.41) is 13.3. The lowest BCUT2D eigenvalue weighted by atomic mass is 9.91. The average Bonchev–Trinajstić information content (AvgIpc) is 3.61. The molecule has 0 atom stereocenters. The lowest BCUT2D eigenvalue weighted by Gasteiger charge is -2.33. The van der Waals surface area contributed by atoms with Gasteiger partial charge < -0.3 is 20.1 Å². The van der Waals surface area contributed by atoms with E-state index in [1.54, 1.807) is 0 Å². The van der Waals surface area contributed by atoms with E-state index in [2.05, 4.69) is 42.8 Å². The van der Waals surface area contributed by atoms with Crippen LogP contribution in [0.4, 0.5) is 0 Å². The van der Waals surface area contributed by atoms with Crippen LogP contribution >= 0.6 is 0 Å². The number of amides is 1. The number of carbonyl (C=O) groups is 2. The highest BCUT2D eigenvalue weighted by Gasteiger charge is 2.21. The standard InChI is InChI=1S/C59H117N3O4/c1-5-9-13-17-21-29-39-55(40-30-22-18-14-10-6-2)53-58(64)60-45-35-27-36-46-61(48-49-62(50-51-63)57-43-33-25-26-34-44-57)47-37-28-38-52-66-59(65)54-56(41-31-23-19-15-11-7-3)42-32-24-20-16-12-8-4/h55-57,63H,5-54H2,1-4H3,(H,60,64). The number of rotatable bonds is 50. The van der Waals surface area contributed by atoms with Gasteiger partial charge in [-0.1, -0.05) is 214 Å². The topological polar surface area (TPSA) is 82.1 Å². The summed E-state index contributed by atoms with van der Waals surface area (Å²) in [6.07, 6.45) is 52.1. The Bertz CT molecular complexity index is 925. The van der Waals surface area contributed by atoms with Gasteiger partial charge in [-0.05, 0) is 95.6 Å². The normalized spacial score (nSPS) is 13.7.